The van der Waals surface area contributed by atoms with Crippen LogP contribution in [0.25, 0.3) is 0 Å². The Hall–Kier alpha value is -1.71. The molecule has 0 amide bonds. The summed E-state index contributed by atoms with van der Waals surface area (Å²) in [6, 6.07) is 13.9. The Morgan fingerprint density at radius 3 is 2.14 bits per heavy atom. The summed E-state index contributed by atoms with van der Waals surface area (Å²) in [5, 5.41) is 0. The van der Waals surface area contributed by atoms with Crippen LogP contribution in [0.3, 0.4) is 0 Å². The molecule has 0 unspecified atom stereocenters. The average Bonchev–Trinajstić information content (AvgIpc) is 3.00. The first-order valence-electron chi connectivity index (χ1n) is 8.30. The van der Waals surface area contributed by atoms with Crippen molar-refractivity contribution in [3.05, 3.63) is 65.5 Å². The van der Waals surface area contributed by atoms with E-state index in [-0.39, 0.29) is 0 Å². The normalized spacial score (nSPS) is 20.2. The van der Waals surface area contributed by atoms with Crippen LogP contribution in [0.2, 0.25) is 0 Å². The minimum Gasteiger partial charge on any atom is -0.297 e. The molecule has 2 heterocycles. The number of aromatic nitrogens is 1. The molecule has 1 aliphatic heterocycles. The second kappa shape index (κ2) is 6.19. The van der Waals surface area contributed by atoms with Crippen LogP contribution in [0.4, 0.5) is 0 Å². The van der Waals surface area contributed by atoms with Gasteiger partial charge in [-0.3, -0.25) is 14.8 Å². The zero-order valence-corrected chi connectivity index (χ0v) is 13.0. The molecule has 1 aromatic heterocycles. The van der Waals surface area contributed by atoms with Crippen LogP contribution in [-0.4, -0.2) is 47.0 Å². The minimum absolute atomic E-state index is 0.723. The molecule has 0 N–H and O–H groups in total. The molecular formula is C19H23N3. The van der Waals surface area contributed by atoms with Gasteiger partial charge in [-0.25, -0.2) is 0 Å². The van der Waals surface area contributed by atoms with Crippen LogP contribution in [0.5, 0.6) is 0 Å². The summed E-state index contributed by atoms with van der Waals surface area (Å²) in [5.74, 6) is 0. The van der Waals surface area contributed by atoms with E-state index in [0.717, 1.165) is 12.6 Å². The fraction of sp³-hybridized carbons (Fsp3) is 0.421. The molecule has 2 aliphatic rings. The molecule has 0 atom stereocenters. The molecule has 0 spiro atoms. The summed E-state index contributed by atoms with van der Waals surface area (Å²) in [4.78, 5) is 9.36. The summed E-state index contributed by atoms with van der Waals surface area (Å²) in [6.07, 6.45) is 6.25. The van der Waals surface area contributed by atoms with Gasteiger partial charge < -0.3 is 0 Å². The van der Waals surface area contributed by atoms with Gasteiger partial charge in [0.15, 0.2) is 0 Å². The maximum atomic E-state index is 4.10. The van der Waals surface area contributed by atoms with Crippen molar-refractivity contribution in [3.8, 4) is 0 Å². The number of pyridine rings is 1. The van der Waals surface area contributed by atoms with Gasteiger partial charge in [-0.15, -0.1) is 0 Å². The number of hydrogen-bond acceptors (Lipinski definition) is 3. The predicted octanol–water partition coefficient (Wildman–Crippen LogP) is 2.37. The Balaban J connectivity index is 1.32. The number of rotatable bonds is 3. The highest BCUT2D eigenvalue weighted by Gasteiger charge is 2.28. The molecule has 4 rings (SSSR count). The van der Waals surface area contributed by atoms with Gasteiger partial charge in [0.05, 0.1) is 0 Å². The Kier molecular flexibility index (Phi) is 3.92. The van der Waals surface area contributed by atoms with Gasteiger partial charge in [0.2, 0.25) is 0 Å². The van der Waals surface area contributed by atoms with Crippen LogP contribution in [0.15, 0.2) is 48.8 Å². The lowest BCUT2D eigenvalue weighted by Gasteiger charge is -2.38. The van der Waals surface area contributed by atoms with E-state index in [9.17, 15) is 0 Å². The Morgan fingerprint density at radius 1 is 0.864 bits per heavy atom. The molecule has 1 saturated heterocycles. The fourth-order valence-electron chi connectivity index (χ4n) is 3.83. The first-order chi connectivity index (χ1) is 10.9. The lowest BCUT2D eigenvalue weighted by atomic mass is 10.1. The van der Waals surface area contributed by atoms with Gasteiger partial charge >= 0.3 is 0 Å². The molecule has 0 saturated carbocycles. The Labute approximate surface area is 132 Å². The highest BCUT2D eigenvalue weighted by molar-refractivity contribution is 5.33. The van der Waals surface area contributed by atoms with E-state index in [1.54, 1.807) is 11.1 Å². The van der Waals surface area contributed by atoms with E-state index < -0.39 is 0 Å². The fourth-order valence-corrected chi connectivity index (χ4v) is 3.83. The zero-order valence-electron chi connectivity index (χ0n) is 13.0. The van der Waals surface area contributed by atoms with E-state index in [2.05, 4.69) is 51.2 Å². The molecule has 1 aromatic carbocycles. The van der Waals surface area contributed by atoms with E-state index >= 15 is 0 Å². The van der Waals surface area contributed by atoms with Crippen LogP contribution < -0.4 is 0 Å². The number of benzene rings is 1. The molecule has 2 aromatic rings. The molecular weight excluding hydrogens is 270 g/mol. The molecule has 3 nitrogen and oxygen atoms in total. The van der Waals surface area contributed by atoms with Gasteiger partial charge in [0.1, 0.15) is 0 Å². The van der Waals surface area contributed by atoms with Gasteiger partial charge in [0.25, 0.3) is 0 Å². The third-order valence-electron chi connectivity index (χ3n) is 5.11. The topological polar surface area (TPSA) is 19.4 Å². The van der Waals surface area contributed by atoms with Crippen molar-refractivity contribution in [3.63, 3.8) is 0 Å². The highest BCUT2D eigenvalue weighted by atomic mass is 15.3. The highest BCUT2D eigenvalue weighted by Crippen LogP contribution is 2.26. The number of hydrogen-bond donors (Lipinski definition) is 0. The third-order valence-corrected chi connectivity index (χ3v) is 5.11. The largest absolute Gasteiger partial charge is 0.297 e. The molecule has 0 radical (unpaired) electrons. The number of nitrogens with zero attached hydrogens (tertiary/aromatic N) is 3. The first-order valence-corrected chi connectivity index (χ1v) is 8.30. The van der Waals surface area contributed by atoms with Gasteiger partial charge in [-0.1, -0.05) is 24.3 Å². The van der Waals surface area contributed by atoms with Crippen molar-refractivity contribution in [2.75, 3.05) is 26.2 Å². The van der Waals surface area contributed by atoms with Crippen LogP contribution in [0.1, 0.15) is 16.7 Å². The summed E-state index contributed by atoms with van der Waals surface area (Å²) < 4.78 is 0. The summed E-state index contributed by atoms with van der Waals surface area (Å²) in [7, 11) is 0. The quantitative estimate of drug-likeness (QED) is 0.866. The van der Waals surface area contributed by atoms with Crippen molar-refractivity contribution < 1.29 is 0 Å². The van der Waals surface area contributed by atoms with E-state index in [0.29, 0.717) is 0 Å². The third kappa shape index (κ3) is 2.92. The van der Waals surface area contributed by atoms with E-state index in [1.807, 2.05) is 12.4 Å². The van der Waals surface area contributed by atoms with Crippen molar-refractivity contribution in [2.24, 2.45) is 0 Å². The molecule has 1 fully saturated rings. The van der Waals surface area contributed by atoms with Crippen molar-refractivity contribution in [2.45, 2.75) is 25.4 Å². The average molecular weight is 293 g/mol. The predicted molar refractivity (Wildman–Crippen MR) is 88.7 cm³/mol. The second-order valence-corrected chi connectivity index (χ2v) is 6.50. The molecule has 114 valence electrons. The summed E-state index contributed by atoms with van der Waals surface area (Å²) in [5.41, 5.74) is 4.50. The lowest BCUT2D eigenvalue weighted by Crippen LogP contribution is -2.50. The van der Waals surface area contributed by atoms with Crippen molar-refractivity contribution in [1.29, 1.82) is 0 Å². The van der Waals surface area contributed by atoms with Gasteiger partial charge in [0, 0.05) is 51.2 Å². The SMILES string of the molecule is c1ccc2c(c1)CC(N1CCN(Cc3ccncc3)CC1)C2. The zero-order chi connectivity index (χ0) is 14.8. The maximum Gasteiger partial charge on any atom is 0.0271 e. The second-order valence-electron chi connectivity index (χ2n) is 6.50. The Bertz CT molecular complexity index is 593. The number of piperazine rings is 1. The number of fused-ring (bicyclic) bond motifs is 1. The van der Waals surface area contributed by atoms with Crippen LogP contribution in [0, 0.1) is 0 Å². The van der Waals surface area contributed by atoms with Crippen LogP contribution in [-0.2, 0) is 19.4 Å². The first kappa shape index (κ1) is 13.9. The van der Waals surface area contributed by atoms with Gasteiger partial charge in [-0.2, -0.15) is 0 Å². The smallest absolute Gasteiger partial charge is 0.0271 e. The molecule has 3 heteroatoms. The summed E-state index contributed by atoms with van der Waals surface area (Å²) in [6.45, 7) is 5.80. The summed E-state index contributed by atoms with van der Waals surface area (Å²) >= 11 is 0. The minimum atomic E-state index is 0.723. The lowest BCUT2D eigenvalue weighted by molar-refractivity contribution is 0.0949. The molecule has 22 heavy (non-hydrogen) atoms. The Morgan fingerprint density at radius 2 is 1.50 bits per heavy atom. The van der Waals surface area contributed by atoms with E-state index in [4.69, 9.17) is 0 Å². The van der Waals surface area contributed by atoms with Gasteiger partial charge in [-0.05, 0) is 41.7 Å². The van der Waals surface area contributed by atoms with E-state index in [1.165, 1.54) is 44.6 Å². The van der Waals surface area contributed by atoms with Crippen molar-refractivity contribution in [1.82, 2.24) is 14.8 Å². The molecule has 0 bridgehead atoms. The molecule has 1 aliphatic carbocycles. The van der Waals surface area contributed by atoms with Crippen molar-refractivity contribution >= 4 is 0 Å². The standard InChI is InChI=1S/C19H23N3/c1-2-4-18-14-19(13-17(18)3-1)22-11-9-21(10-12-22)15-16-5-7-20-8-6-16/h1-8,19H,9-15H2. The van der Waals surface area contributed by atoms with Crippen LogP contribution >= 0.6 is 0 Å². The monoisotopic (exact) mass is 293 g/mol. The maximum absolute atomic E-state index is 4.10.